The van der Waals surface area contributed by atoms with Gasteiger partial charge in [0.1, 0.15) is 0 Å². The van der Waals surface area contributed by atoms with Crippen LogP contribution in [0.5, 0.6) is 0 Å². The Balaban J connectivity index is 1.89. The van der Waals surface area contributed by atoms with E-state index in [1.54, 1.807) is 0 Å². The number of hydrogen-bond donors (Lipinski definition) is 0. The Labute approximate surface area is 118 Å². The van der Waals surface area contributed by atoms with Crippen LogP contribution in [0.25, 0.3) is 0 Å². The van der Waals surface area contributed by atoms with Gasteiger partial charge in [0.15, 0.2) is 0 Å². The molecule has 0 N–H and O–H groups in total. The summed E-state index contributed by atoms with van der Waals surface area (Å²) in [5.74, 6) is -1.07. The maximum Gasteiger partial charge on any atom is 0.312 e. The first kappa shape index (κ1) is 13.4. The average Bonchev–Trinajstić information content (AvgIpc) is 2.40. The lowest BCUT2D eigenvalue weighted by atomic mass is 9.67. The van der Waals surface area contributed by atoms with Crippen molar-refractivity contribution in [2.45, 2.75) is 26.7 Å². The fourth-order valence-electron chi connectivity index (χ4n) is 2.53. The van der Waals surface area contributed by atoms with Gasteiger partial charge >= 0.3 is 5.97 Å². The Hall–Kier alpha value is -0.610. The zero-order valence-corrected chi connectivity index (χ0v) is 12.3. The molecule has 0 radical (unpaired) electrons. The third-order valence-electron chi connectivity index (χ3n) is 4.38. The van der Waals surface area contributed by atoms with Gasteiger partial charge in [0.2, 0.25) is 0 Å². The number of benzene rings is 1. The molecule has 0 spiro atoms. The molecular weight excluding hydrogens is 264 g/mol. The van der Waals surface area contributed by atoms with E-state index in [-0.39, 0.29) is 10.8 Å². The van der Waals surface area contributed by atoms with Gasteiger partial charge in [-0.05, 0) is 17.5 Å². The van der Waals surface area contributed by atoms with Gasteiger partial charge in [0.25, 0.3) is 0 Å². The standard InChI is InChI=1S/C15H19ClO3/c1-13(2,3)14-8-17-15(18-9-14,19-10-14)11-5-4-6-12(16)7-11/h4-7H,8-10H2,1-3H3. The van der Waals surface area contributed by atoms with E-state index in [4.69, 9.17) is 25.8 Å². The summed E-state index contributed by atoms with van der Waals surface area (Å²) in [5, 5.41) is 0.654. The summed E-state index contributed by atoms with van der Waals surface area (Å²) in [5.41, 5.74) is 0.823. The predicted octanol–water partition coefficient (Wildman–Crippen LogP) is 3.56. The molecule has 0 atom stereocenters. The molecule has 3 aliphatic rings. The van der Waals surface area contributed by atoms with Gasteiger partial charge in [-0.1, -0.05) is 44.5 Å². The summed E-state index contributed by atoms with van der Waals surface area (Å²) >= 11 is 6.03. The van der Waals surface area contributed by atoms with Crippen LogP contribution in [0.15, 0.2) is 24.3 Å². The molecule has 3 aliphatic heterocycles. The normalized spacial score (nSPS) is 34.5. The fraction of sp³-hybridized carbons (Fsp3) is 0.600. The monoisotopic (exact) mass is 282 g/mol. The van der Waals surface area contributed by atoms with Crippen LogP contribution >= 0.6 is 11.6 Å². The van der Waals surface area contributed by atoms with Crippen molar-refractivity contribution in [1.29, 1.82) is 0 Å². The third kappa shape index (κ3) is 2.00. The summed E-state index contributed by atoms with van der Waals surface area (Å²) < 4.78 is 17.8. The molecule has 4 rings (SSSR count). The first-order chi connectivity index (χ1) is 8.87. The van der Waals surface area contributed by atoms with Crippen molar-refractivity contribution in [3.05, 3.63) is 34.9 Å². The maximum absolute atomic E-state index is 6.03. The van der Waals surface area contributed by atoms with Crippen LogP contribution in [-0.4, -0.2) is 19.8 Å². The lowest BCUT2D eigenvalue weighted by Crippen LogP contribution is -2.62. The lowest BCUT2D eigenvalue weighted by molar-refractivity contribution is -0.489. The van der Waals surface area contributed by atoms with E-state index in [0.717, 1.165) is 5.56 Å². The zero-order chi connectivity index (χ0) is 13.7. The van der Waals surface area contributed by atoms with E-state index in [2.05, 4.69) is 20.8 Å². The Kier molecular flexibility index (Phi) is 2.95. The molecule has 1 aromatic rings. The zero-order valence-electron chi connectivity index (χ0n) is 11.5. The van der Waals surface area contributed by atoms with Crippen molar-refractivity contribution in [3.8, 4) is 0 Å². The largest absolute Gasteiger partial charge is 0.323 e. The molecule has 19 heavy (non-hydrogen) atoms. The molecule has 0 aliphatic carbocycles. The second kappa shape index (κ2) is 4.19. The predicted molar refractivity (Wildman–Crippen MR) is 72.9 cm³/mol. The van der Waals surface area contributed by atoms with Gasteiger partial charge in [-0.2, -0.15) is 0 Å². The molecule has 3 heterocycles. The molecule has 3 nitrogen and oxygen atoms in total. The number of ether oxygens (including phenoxy) is 3. The summed E-state index contributed by atoms with van der Waals surface area (Å²) in [6.45, 7) is 8.51. The van der Waals surface area contributed by atoms with Crippen LogP contribution in [0.4, 0.5) is 0 Å². The second-order valence-electron chi connectivity index (χ2n) is 6.46. The van der Waals surface area contributed by atoms with Gasteiger partial charge in [-0.25, -0.2) is 0 Å². The van der Waals surface area contributed by atoms with Gasteiger partial charge < -0.3 is 14.2 Å². The number of fused-ring (bicyclic) bond motifs is 3. The topological polar surface area (TPSA) is 27.7 Å². The molecule has 2 bridgehead atoms. The van der Waals surface area contributed by atoms with Gasteiger partial charge in [0, 0.05) is 16.0 Å². The smallest absolute Gasteiger partial charge is 0.312 e. The molecule has 0 aromatic heterocycles. The molecule has 0 unspecified atom stereocenters. The van der Waals surface area contributed by atoms with Crippen molar-refractivity contribution in [3.63, 3.8) is 0 Å². The highest BCUT2D eigenvalue weighted by atomic mass is 35.5. The van der Waals surface area contributed by atoms with E-state index < -0.39 is 5.97 Å². The minimum absolute atomic E-state index is 0.0761. The Bertz CT molecular complexity index is 468. The van der Waals surface area contributed by atoms with Gasteiger partial charge in [-0.15, -0.1) is 0 Å². The molecule has 3 saturated heterocycles. The number of halogens is 1. The van der Waals surface area contributed by atoms with Crippen molar-refractivity contribution in [2.75, 3.05) is 19.8 Å². The fourth-order valence-corrected chi connectivity index (χ4v) is 2.72. The van der Waals surface area contributed by atoms with Crippen molar-refractivity contribution < 1.29 is 14.2 Å². The van der Waals surface area contributed by atoms with Crippen molar-refractivity contribution in [1.82, 2.24) is 0 Å². The Morgan fingerprint density at radius 2 is 1.63 bits per heavy atom. The Morgan fingerprint density at radius 1 is 1.05 bits per heavy atom. The lowest BCUT2D eigenvalue weighted by Gasteiger charge is -2.56. The van der Waals surface area contributed by atoms with Crippen molar-refractivity contribution >= 4 is 11.6 Å². The van der Waals surface area contributed by atoms with E-state index >= 15 is 0 Å². The molecule has 4 heteroatoms. The van der Waals surface area contributed by atoms with Crippen LogP contribution in [0.3, 0.4) is 0 Å². The van der Waals surface area contributed by atoms with E-state index in [0.29, 0.717) is 24.8 Å². The minimum atomic E-state index is -1.07. The summed E-state index contributed by atoms with van der Waals surface area (Å²) in [6.07, 6.45) is 0. The molecular formula is C15H19ClO3. The van der Waals surface area contributed by atoms with Crippen LogP contribution < -0.4 is 0 Å². The van der Waals surface area contributed by atoms with Crippen molar-refractivity contribution in [2.24, 2.45) is 10.8 Å². The van der Waals surface area contributed by atoms with E-state index in [1.807, 2.05) is 24.3 Å². The van der Waals surface area contributed by atoms with Gasteiger partial charge in [0.05, 0.1) is 19.8 Å². The van der Waals surface area contributed by atoms with Gasteiger partial charge in [-0.3, -0.25) is 0 Å². The highest BCUT2D eigenvalue weighted by Gasteiger charge is 2.58. The van der Waals surface area contributed by atoms with Crippen LogP contribution in [0.1, 0.15) is 26.3 Å². The summed E-state index contributed by atoms with van der Waals surface area (Å²) in [4.78, 5) is 0. The highest BCUT2D eigenvalue weighted by molar-refractivity contribution is 6.30. The minimum Gasteiger partial charge on any atom is -0.323 e. The summed E-state index contributed by atoms with van der Waals surface area (Å²) in [6, 6.07) is 7.45. The molecule has 0 saturated carbocycles. The number of hydrogen-bond acceptors (Lipinski definition) is 3. The van der Waals surface area contributed by atoms with E-state index in [1.165, 1.54) is 0 Å². The average molecular weight is 283 g/mol. The quantitative estimate of drug-likeness (QED) is 0.788. The second-order valence-corrected chi connectivity index (χ2v) is 6.90. The molecule has 0 amide bonds. The maximum atomic E-state index is 6.03. The Morgan fingerprint density at radius 3 is 2.11 bits per heavy atom. The SMILES string of the molecule is CC(C)(C)C12COC(c3cccc(Cl)c3)(OC1)OC2. The van der Waals surface area contributed by atoms with Crippen LogP contribution in [0.2, 0.25) is 5.02 Å². The highest BCUT2D eigenvalue weighted by Crippen LogP contribution is 2.51. The summed E-state index contributed by atoms with van der Waals surface area (Å²) in [7, 11) is 0. The molecule has 3 fully saturated rings. The van der Waals surface area contributed by atoms with E-state index in [9.17, 15) is 0 Å². The number of rotatable bonds is 1. The first-order valence-electron chi connectivity index (χ1n) is 6.55. The first-order valence-corrected chi connectivity index (χ1v) is 6.93. The molecule has 1 aromatic carbocycles. The van der Waals surface area contributed by atoms with Crippen LogP contribution in [-0.2, 0) is 20.2 Å². The van der Waals surface area contributed by atoms with Crippen LogP contribution in [0, 0.1) is 10.8 Å². The molecule has 104 valence electrons. The third-order valence-corrected chi connectivity index (χ3v) is 4.62.